The molecule has 0 radical (unpaired) electrons. The van der Waals surface area contributed by atoms with Crippen LogP contribution in [0.25, 0.3) is 11.1 Å². The maximum Gasteiger partial charge on any atom is 0.264 e. The second-order valence-electron chi connectivity index (χ2n) is 7.70. The minimum absolute atomic E-state index is 0.0383. The summed E-state index contributed by atoms with van der Waals surface area (Å²) in [6, 6.07) is 1.48. The number of hydrogen-bond donors (Lipinski definition) is 0. The number of likely N-dealkylation sites (tertiary alicyclic amines) is 1. The molecule has 7 heteroatoms. The predicted molar refractivity (Wildman–Crippen MR) is 89.5 cm³/mol. The van der Waals surface area contributed by atoms with Gasteiger partial charge in [0.1, 0.15) is 0 Å². The number of carbonyl (C=O) groups excluding carboxylic acids is 1. The molecule has 25 heavy (non-hydrogen) atoms. The van der Waals surface area contributed by atoms with E-state index in [1.807, 2.05) is 25.7 Å². The number of aromatic nitrogens is 2. The third-order valence-electron chi connectivity index (χ3n) is 4.74. The Morgan fingerprint density at radius 1 is 1.32 bits per heavy atom. The normalized spacial score (nSPS) is 16.8. The molecular weight excluding hydrogens is 328 g/mol. The van der Waals surface area contributed by atoms with Gasteiger partial charge in [-0.1, -0.05) is 25.9 Å². The van der Waals surface area contributed by atoms with E-state index in [0.29, 0.717) is 42.7 Å². The van der Waals surface area contributed by atoms with Crippen LogP contribution in [-0.2, 0) is 4.79 Å². The lowest BCUT2D eigenvalue weighted by atomic mass is 9.89. The van der Waals surface area contributed by atoms with Crippen LogP contribution >= 0.6 is 0 Å². The number of halogens is 2. The van der Waals surface area contributed by atoms with E-state index in [9.17, 15) is 13.6 Å². The average molecular weight is 351 g/mol. The lowest BCUT2D eigenvalue weighted by Gasteiger charge is -2.35. The molecule has 2 aromatic heterocycles. The first kappa shape index (κ1) is 17.8. The van der Waals surface area contributed by atoms with Gasteiger partial charge in [0.2, 0.25) is 5.91 Å². The second kappa shape index (κ2) is 6.35. The Bertz CT molecular complexity index is 787. The third kappa shape index (κ3) is 3.37. The van der Waals surface area contributed by atoms with Crippen LogP contribution in [0.5, 0.6) is 0 Å². The van der Waals surface area contributed by atoms with Crippen molar-refractivity contribution in [2.75, 3.05) is 13.1 Å². The molecule has 3 rings (SSSR count). The average Bonchev–Trinajstić information content (AvgIpc) is 2.94. The van der Waals surface area contributed by atoms with Gasteiger partial charge in [0.25, 0.3) is 12.1 Å². The molecule has 1 saturated heterocycles. The van der Waals surface area contributed by atoms with Crippen molar-refractivity contribution in [1.29, 1.82) is 0 Å². The topological polar surface area (TPSA) is 59.2 Å². The van der Waals surface area contributed by atoms with Crippen LogP contribution < -0.4 is 0 Å². The van der Waals surface area contributed by atoms with Crippen molar-refractivity contribution < 1.29 is 18.1 Å². The minimum Gasteiger partial charge on any atom is -0.342 e. The van der Waals surface area contributed by atoms with E-state index in [-0.39, 0.29) is 23.1 Å². The first-order chi connectivity index (χ1) is 11.7. The van der Waals surface area contributed by atoms with Crippen LogP contribution in [-0.4, -0.2) is 34.0 Å². The van der Waals surface area contributed by atoms with Crippen molar-refractivity contribution in [1.82, 2.24) is 15.0 Å². The van der Waals surface area contributed by atoms with Gasteiger partial charge in [-0.2, -0.15) is 0 Å². The van der Waals surface area contributed by atoms with Gasteiger partial charge in [0.15, 0.2) is 0 Å². The summed E-state index contributed by atoms with van der Waals surface area (Å²) in [4.78, 5) is 18.6. The molecule has 0 saturated carbocycles. The largest absolute Gasteiger partial charge is 0.342 e. The highest BCUT2D eigenvalue weighted by Crippen LogP contribution is 2.35. The molecule has 0 bridgehead atoms. The SMILES string of the molecule is Cc1noc2nc(C3CCN(C(=O)C(C)(C)C)CC3)cc(C(F)F)c12. The fourth-order valence-electron chi connectivity index (χ4n) is 3.38. The van der Waals surface area contributed by atoms with E-state index >= 15 is 0 Å². The van der Waals surface area contributed by atoms with E-state index in [1.54, 1.807) is 6.92 Å². The summed E-state index contributed by atoms with van der Waals surface area (Å²) in [5.74, 6) is 0.157. The third-order valence-corrected chi connectivity index (χ3v) is 4.74. The minimum atomic E-state index is -2.61. The Hall–Kier alpha value is -2.05. The highest BCUT2D eigenvalue weighted by Gasteiger charge is 2.32. The van der Waals surface area contributed by atoms with Gasteiger partial charge in [0.05, 0.1) is 11.1 Å². The first-order valence-corrected chi connectivity index (χ1v) is 8.53. The highest BCUT2D eigenvalue weighted by atomic mass is 19.3. The Morgan fingerprint density at radius 2 is 1.96 bits per heavy atom. The van der Waals surface area contributed by atoms with Crippen molar-refractivity contribution in [3.8, 4) is 0 Å². The zero-order valence-electron chi connectivity index (χ0n) is 15.0. The summed E-state index contributed by atoms with van der Waals surface area (Å²) in [6.07, 6.45) is -1.20. The van der Waals surface area contributed by atoms with Gasteiger partial charge in [-0.3, -0.25) is 4.79 Å². The number of nitrogens with zero attached hydrogens (tertiary/aromatic N) is 3. The fourth-order valence-corrected chi connectivity index (χ4v) is 3.38. The molecule has 0 spiro atoms. The van der Waals surface area contributed by atoms with Gasteiger partial charge in [-0.15, -0.1) is 0 Å². The molecule has 0 aliphatic carbocycles. The maximum absolute atomic E-state index is 13.5. The van der Waals surface area contributed by atoms with E-state index < -0.39 is 11.8 Å². The smallest absolute Gasteiger partial charge is 0.264 e. The summed E-state index contributed by atoms with van der Waals surface area (Å²) >= 11 is 0. The molecule has 0 atom stereocenters. The molecule has 2 aromatic rings. The highest BCUT2D eigenvalue weighted by molar-refractivity contribution is 5.82. The van der Waals surface area contributed by atoms with Crippen molar-refractivity contribution in [3.05, 3.63) is 23.0 Å². The molecule has 1 aliphatic rings. The quantitative estimate of drug-likeness (QED) is 0.813. The van der Waals surface area contributed by atoms with E-state index in [1.165, 1.54) is 6.07 Å². The number of pyridine rings is 1. The molecule has 1 amide bonds. The molecule has 3 heterocycles. The lowest BCUT2D eigenvalue weighted by Crippen LogP contribution is -2.43. The maximum atomic E-state index is 13.5. The zero-order valence-corrected chi connectivity index (χ0v) is 15.0. The number of hydrogen-bond acceptors (Lipinski definition) is 4. The van der Waals surface area contributed by atoms with Crippen LogP contribution in [0.15, 0.2) is 10.6 Å². The molecule has 1 fully saturated rings. The number of carbonyl (C=O) groups is 1. The van der Waals surface area contributed by atoms with E-state index in [0.717, 1.165) is 0 Å². The molecule has 136 valence electrons. The Kier molecular flexibility index (Phi) is 4.51. The molecule has 0 N–H and O–H groups in total. The number of piperidine rings is 1. The van der Waals surface area contributed by atoms with Gasteiger partial charge < -0.3 is 9.42 Å². The van der Waals surface area contributed by atoms with Gasteiger partial charge in [-0.25, -0.2) is 13.8 Å². The van der Waals surface area contributed by atoms with Crippen LogP contribution in [0.2, 0.25) is 0 Å². The standard InChI is InChI=1S/C18H23F2N3O2/c1-10-14-12(15(19)20)9-13(21-16(14)25-22-10)11-5-7-23(8-6-11)17(24)18(2,3)4/h9,11,15H,5-8H2,1-4H3. The first-order valence-electron chi connectivity index (χ1n) is 8.53. The molecular formula is C18H23F2N3O2. The van der Waals surface area contributed by atoms with E-state index in [4.69, 9.17) is 4.52 Å². The Labute approximate surface area is 145 Å². The number of amides is 1. The zero-order chi connectivity index (χ0) is 18.4. The van der Waals surface area contributed by atoms with Crippen molar-refractivity contribution in [2.45, 2.75) is 52.9 Å². The van der Waals surface area contributed by atoms with Crippen LogP contribution in [0.4, 0.5) is 8.78 Å². The van der Waals surface area contributed by atoms with Gasteiger partial charge >= 0.3 is 0 Å². The summed E-state index contributed by atoms with van der Waals surface area (Å²) in [6.45, 7) is 8.56. The van der Waals surface area contributed by atoms with Gasteiger partial charge in [0, 0.05) is 35.7 Å². The number of rotatable bonds is 2. The Morgan fingerprint density at radius 3 is 2.52 bits per heavy atom. The molecule has 0 aromatic carbocycles. The van der Waals surface area contributed by atoms with Crippen molar-refractivity contribution in [2.24, 2.45) is 5.41 Å². The summed E-state index contributed by atoms with van der Waals surface area (Å²) in [5, 5.41) is 4.07. The molecule has 1 aliphatic heterocycles. The van der Waals surface area contributed by atoms with E-state index in [2.05, 4.69) is 10.1 Å². The molecule has 5 nitrogen and oxygen atoms in total. The number of alkyl halides is 2. The second-order valence-corrected chi connectivity index (χ2v) is 7.70. The summed E-state index contributed by atoms with van der Waals surface area (Å²) in [5.41, 5.74) is 0.701. The van der Waals surface area contributed by atoms with Crippen LogP contribution in [0.3, 0.4) is 0 Å². The van der Waals surface area contributed by atoms with Crippen molar-refractivity contribution >= 4 is 17.0 Å². The predicted octanol–water partition coefficient (Wildman–Crippen LogP) is 4.22. The van der Waals surface area contributed by atoms with Crippen LogP contribution in [0.1, 0.15) is 62.9 Å². The molecule has 0 unspecified atom stereocenters. The summed E-state index contributed by atoms with van der Waals surface area (Å²) < 4.78 is 32.0. The number of fused-ring (bicyclic) bond motifs is 1. The van der Waals surface area contributed by atoms with Gasteiger partial charge in [-0.05, 0) is 25.8 Å². The van der Waals surface area contributed by atoms with Crippen molar-refractivity contribution in [3.63, 3.8) is 0 Å². The van der Waals surface area contributed by atoms with Crippen LogP contribution in [0, 0.1) is 12.3 Å². The summed E-state index contributed by atoms with van der Waals surface area (Å²) in [7, 11) is 0. The Balaban J connectivity index is 1.83. The lowest BCUT2D eigenvalue weighted by molar-refractivity contribution is -0.140. The fraction of sp³-hybridized carbons (Fsp3) is 0.611. The number of aryl methyl sites for hydroxylation is 1. The monoisotopic (exact) mass is 351 g/mol.